The Balaban J connectivity index is 1.76. The van der Waals surface area contributed by atoms with E-state index in [1.807, 2.05) is 0 Å². The molecule has 0 unspecified atom stereocenters. The highest BCUT2D eigenvalue weighted by Gasteiger charge is 2.36. The number of carbonyl (C=O) groups excluding carboxylic acids is 3. The Morgan fingerprint density at radius 1 is 1.08 bits per heavy atom. The van der Waals surface area contributed by atoms with E-state index in [-0.39, 0.29) is 23.1 Å². The molecule has 2 amide bonds. The van der Waals surface area contributed by atoms with Crippen molar-refractivity contribution >= 4 is 50.7 Å². The summed E-state index contributed by atoms with van der Waals surface area (Å²) in [5, 5.41) is -0.496. The van der Waals surface area contributed by atoms with Crippen molar-refractivity contribution in [2.24, 2.45) is 0 Å². The van der Waals surface area contributed by atoms with E-state index >= 15 is 0 Å². The molecular weight excluding hydrogens is 409 g/mol. The summed E-state index contributed by atoms with van der Waals surface area (Å²) in [5.74, 6) is -1.23. The van der Waals surface area contributed by atoms with Crippen LogP contribution in [-0.2, 0) is 4.79 Å². The largest absolute Gasteiger partial charge is 0.293 e. The van der Waals surface area contributed by atoms with Crippen LogP contribution < -0.4 is 0 Å². The molecule has 0 radical (unpaired) electrons. The van der Waals surface area contributed by atoms with E-state index in [2.05, 4.69) is 15.9 Å². The molecule has 0 atom stereocenters. The summed E-state index contributed by atoms with van der Waals surface area (Å²) in [6.45, 7) is -0.312. The van der Waals surface area contributed by atoms with Gasteiger partial charge in [-0.25, -0.2) is 4.39 Å². The molecule has 0 aromatic heterocycles. The van der Waals surface area contributed by atoms with Gasteiger partial charge in [0.05, 0.1) is 11.4 Å². The molecule has 1 saturated heterocycles. The van der Waals surface area contributed by atoms with Gasteiger partial charge in [0.1, 0.15) is 5.82 Å². The number of thioether (sulfide) groups is 1. The lowest BCUT2D eigenvalue weighted by molar-refractivity contribution is -0.122. The van der Waals surface area contributed by atoms with Crippen molar-refractivity contribution in [1.29, 1.82) is 0 Å². The molecule has 1 fully saturated rings. The summed E-state index contributed by atoms with van der Waals surface area (Å²) < 4.78 is 13.8. The molecule has 1 heterocycles. The molecule has 7 heteroatoms. The van der Waals surface area contributed by atoms with Crippen molar-refractivity contribution in [1.82, 2.24) is 4.90 Å². The molecule has 0 spiro atoms. The predicted octanol–water partition coefficient (Wildman–Crippen LogP) is 4.51. The van der Waals surface area contributed by atoms with Gasteiger partial charge in [-0.05, 0) is 47.7 Å². The number of rotatable bonds is 4. The van der Waals surface area contributed by atoms with Crippen molar-refractivity contribution in [2.45, 2.75) is 0 Å². The van der Waals surface area contributed by atoms with Crippen LogP contribution in [0.25, 0.3) is 6.08 Å². The third-order valence-corrected chi connectivity index (χ3v) is 4.95. The highest BCUT2D eigenvalue weighted by atomic mass is 79.9. The fourth-order valence-corrected chi connectivity index (χ4v) is 3.32. The molecule has 4 nitrogen and oxygen atoms in total. The van der Waals surface area contributed by atoms with Crippen LogP contribution >= 0.6 is 27.7 Å². The first kappa shape index (κ1) is 17.6. The molecular formula is C18H11BrFNO3S. The smallest absolute Gasteiger partial charge is 0.292 e. The van der Waals surface area contributed by atoms with Gasteiger partial charge in [-0.1, -0.05) is 40.2 Å². The minimum Gasteiger partial charge on any atom is -0.292 e. The summed E-state index contributed by atoms with van der Waals surface area (Å²) in [6.07, 6.45) is 1.51. The Morgan fingerprint density at radius 3 is 2.36 bits per heavy atom. The van der Waals surface area contributed by atoms with Crippen molar-refractivity contribution < 1.29 is 18.8 Å². The number of Topliss-reactive ketones (excluding diaryl/α,β-unsaturated/α-hetero) is 1. The second-order valence-corrected chi connectivity index (χ2v) is 7.16. The summed E-state index contributed by atoms with van der Waals surface area (Å²) in [7, 11) is 0. The van der Waals surface area contributed by atoms with E-state index in [0.717, 1.165) is 21.1 Å². The third kappa shape index (κ3) is 4.05. The number of nitrogens with zero attached hydrogens (tertiary/aromatic N) is 1. The van der Waals surface area contributed by atoms with Crippen LogP contribution in [0.5, 0.6) is 0 Å². The van der Waals surface area contributed by atoms with E-state index in [9.17, 15) is 18.8 Å². The topological polar surface area (TPSA) is 54.5 Å². The van der Waals surface area contributed by atoms with Gasteiger partial charge in [0.25, 0.3) is 11.1 Å². The Morgan fingerprint density at radius 2 is 1.72 bits per heavy atom. The molecule has 126 valence electrons. The number of hydrogen-bond acceptors (Lipinski definition) is 4. The van der Waals surface area contributed by atoms with E-state index in [0.29, 0.717) is 11.1 Å². The number of carbonyl (C=O) groups is 3. The normalized spacial score (nSPS) is 15.9. The summed E-state index contributed by atoms with van der Waals surface area (Å²) in [4.78, 5) is 37.9. The van der Waals surface area contributed by atoms with E-state index in [1.165, 1.54) is 30.3 Å². The monoisotopic (exact) mass is 419 g/mol. The fourth-order valence-electron chi connectivity index (χ4n) is 2.22. The Kier molecular flexibility index (Phi) is 5.15. The van der Waals surface area contributed by atoms with Crippen LogP contribution in [0.3, 0.4) is 0 Å². The van der Waals surface area contributed by atoms with Gasteiger partial charge in [-0.2, -0.15) is 0 Å². The first-order valence-corrected chi connectivity index (χ1v) is 8.85. The standard InChI is InChI=1S/C18H11BrFNO3S/c19-13-5-3-12(4-6-13)15(22)10-21-17(23)16(25-18(21)24)9-11-1-7-14(20)8-2-11/h1-9H,10H2/b16-9+. The van der Waals surface area contributed by atoms with Crippen LogP contribution in [-0.4, -0.2) is 28.4 Å². The zero-order chi connectivity index (χ0) is 18.0. The van der Waals surface area contributed by atoms with E-state index < -0.39 is 11.1 Å². The molecule has 2 aromatic rings. The van der Waals surface area contributed by atoms with Gasteiger partial charge in [-0.3, -0.25) is 19.3 Å². The van der Waals surface area contributed by atoms with Crippen molar-refractivity contribution in [2.75, 3.05) is 6.54 Å². The van der Waals surface area contributed by atoms with Gasteiger partial charge in [0.15, 0.2) is 5.78 Å². The van der Waals surface area contributed by atoms with Crippen LogP contribution in [0.2, 0.25) is 0 Å². The number of benzene rings is 2. The van der Waals surface area contributed by atoms with E-state index in [4.69, 9.17) is 0 Å². The summed E-state index contributed by atoms with van der Waals surface area (Å²) in [5.41, 5.74) is 1.02. The maximum atomic E-state index is 12.9. The van der Waals surface area contributed by atoms with Crippen molar-refractivity contribution in [3.05, 3.63) is 74.9 Å². The fraction of sp³-hybridized carbons (Fsp3) is 0.0556. The zero-order valence-corrected chi connectivity index (χ0v) is 15.1. The minimum atomic E-state index is -0.523. The molecule has 0 bridgehead atoms. The van der Waals surface area contributed by atoms with Gasteiger partial charge < -0.3 is 0 Å². The SMILES string of the molecule is O=C(CN1C(=O)S/C(=C/c2ccc(F)cc2)C1=O)c1ccc(Br)cc1. The maximum absolute atomic E-state index is 12.9. The van der Waals surface area contributed by atoms with E-state index in [1.54, 1.807) is 24.3 Å². The zero-order valence-electron chi connectivity index (χ0n) is 12.7. The lowest BCUT2D eigenvalue weighted by atomic mass is 10.1. The molecule has 3 rings (SSSR count). The highest BCUT2D eigenvalue weighted by Crippen LogP contribution is 2.32. The Hall–Kier alpha value is -2.25. The second-order valence-electron chi connectivity index (χ2n) is 5.25. The van der Waals surface area contributed by atoms with Crippen LogP contribution in [0.1, 0.15) is 15.9 Å². The van der Waals surface area contributed by atoms with Crippen LogP contribution in [0.4, 0.5) is 9.18 Å². The number of ketones is 1. The molecule has 2 aromatic carbocycles. The van der Waals surface area contributed by atoms with Gasteiger partial charge in [0.2, 0.25) is 0 Å². The number of hydrogen-bond donors (Lipinski definition) is 0. The van der Waals surface area contributed by atoms with Gasteiger partial charge >= 0.3 is 0 Å². The van der Waals surface area contributed by atoms with Crippen LogP contribution in [0.15, 0.2) is 57.9 Å². The Bertz CT molecular complexity index is 878. The van der Waals surface area contributed by atoms with Crippen molar-refractivity contribution in [3.63, 3.8) is 0 Å². The van der Waals surface area contributed by atoms with Crippen molar-refractivity contribution in [3.8, 4) is 0 Å². The maximum Gasteiger partial charge on any atom is 0.293 e. The van der Waals surface area contributed by atoms with Gasteiger partial charge in [0, 0.05) is 10.0 Å². The number of amides is 2. The molecule has 1 aliphatic heterocycles. The predicted molar refractivity (Wildman–Crippen MR) is 97.5 cm³/mol. The summed E-state index contributed by atoms with van der Waals surface area (Å²) in [6, 6.07) is 12.2. The second kappa shape index (κ2) is 7.33. The lowest BCUT2D eigenvalue weighted by Crippen LogP contribution is -2.33. The molecule has 25 heavy (non-hydrogen) atoms. The molecule has 0 aliphatic carbocycles. The lowest BCUT2D eigenvalue weighted by Gasteiger charge is -2.11. The number of imide groups is 1. The van der Waals surface area contributed by atoms with Crippen LogP contribution in [0, 0.1) is 5.82 Å². The molecule has 0 saturated carbocycles. The first-order chi connectivity index (χ1) is 11.9. The minimum absolute atomic E-state index is 0.209. The first-order valence-electron chi connectivity index (χ1n) is 7.24. The molecule has 0 N–H and O–H groups in total. The Labute approximate surface area is 155 Å². The highest BCUT2D eigenvalue weighted by molar-refractivity contribution is 9.10. The average molecular weight is 420 g/mol. The van der Waals surface area contributed by atoms with Gasteiger partial charge in [-0.15, -0.1) is 0 Å². The molecule has 1 aliphatic rings. The summed E-state index contributed by atoms with van der Waals surface area (Å²) >= 11 is 4.05. The average Bonchev–Trinajstić information content (AvgIpc) is 2.85. The quantitative estimate of drug-likeness (QED) is 0.540. The third-order valence-electron chi connectivity index (χ3n) is 3.51. The number of halogens is 2.